The van der Waals surface area contributed by atoms with E-state index in [0.29, 0.717) is 29.0 Å². The number of methoxy groups -OCH3 is 1. The van der Waals surface area contributed by atoms with E-state index in [-0.39, 0.29) is 34.2 Å². The van der Waals surface area contributed by atoms with Gasteiger partial charge in [-0.05, 0) is 73.9 Å². The predicted octanol–water partition coefficient (Wildman–Crippen LogP) is 3.53. The van der Waals surface area contributed by atoms with E-state index in [0.717, 1.165) is 28.6 Å². The number of rotatable bonds is 10. The van der Waals surface area contributed by atoms with Crippen LogP contribution in [0.2, 0.25) is 0 Å². The van der Waals surface area contributed by atoms with Gasteiger partial charge < -0.3 is 9.64 Å². The summed E-state index contributed by atoms with van der Waals surface area (Å²) in [5.74, 6) is -0.674. The lowest BCUT2D eigenvalue weighted by molar-refractivity contribution is -0.116. The molecule has 4 aromatic rings. The summed E-state index contributed by atoms with van der Waals surface area (Å²) in [6.07, 6.45) is 0.393. The maximum Gasteiger partial charge on any atom is 0.337 e. The molecule has 0 spiro atoms. The molecule has 0 unspecified atom stereocenters. The Hall–Kier alpha value is -4.00. The first-order chi connectivity index (χ1) is 19.5. The van der Waals surface area contributed by atoms with E-state index in [1.807, 2.05) is 38.1 Å². The maximum atomic E-state index is 13.6. The number of amides is 1. The number of benzene rings is 3. The number of nitrogens with two attached hydrogens (primary N) is 1. The summed E-state index contributed by atoms with van der Waals surface area (Å²) in [4.78, 5) is 45.3. The highest BCUT2D eigenvalue weighted by atomic mass is 32.2. The summed E-state index contributed by atoms with van der Waals surface area (Å²) in [6.45, 7) is 4.54. The Morgan fingerprint density at radius 1 is 1.07 bits per heavy atom. The summed E-state index contributed by atoms with van der Waals surface area (Å²) in [5.41, 5.74) is 2.84. The third-order valence-electron chi connectivity index (χ3n) is 6.47. The fourth-order valence-electron chi connectivity index (χ4n) is 4.34. The number of aryl methyl sites for hydroxylation is 2. The number of carbonyl (C=O) groups is 2. The minimum Gasteiger partial charge on any atom is -0.465 e. The first-order valence-electron chi connectivity index (χ1n) is 12.8. The number of ether oxygens (including phenoxy) is 1. The number of thioether (sulfide) groups is 1. The third-order valence-corrected chi connectivity index (χ3v) is 8.36. The molecular formula is C29H30N4O6S2. The van der Waals surface area contributed by atoms with Gasteiger partial charge in [0.25, 0.3) is 5.56 Å². The van der Waals surface area contributed by atoms with Gasteiger partial charge in [0.2, 0.25) is 15.9 Å². The Kier molecular flexibility index (Phi) is 9.26. The number of primary sulfonamides is 1. The number of hydrogen-bond donors (Lipinski definition) is 1. The lowest BCUT2D eigenvalue weighted by Crippen LogP contribution is -2.32. The minimum absolute atomic E-state index is 0.00366. The average Bonchev–Trinajstić information content (AvgIpc) is 2.95. The molecule has 10 nitrogen and oxygen atoms in total. The largest absolute Gasteiger partial charge is 0.465 e. The lowest BCUT2D eigenvalue weighted by atomic mass is 10.1. The van der Waals surface area contributed by atoms with E-state index in [9.17, 15) is 22.8 Å². The predicted molar refractivity (Wildman–Crippen MR) is 159 cm³/mol. The summed E-state index contributed by atoms with van der Waals surface area (Å²) in [7, 11) is -2.55. The van der Waals surface area contributed by atoms with Crippen LogP contribution in [0.1, 0.15) is 28.4 Å². The van der Waals surface area contributed by atoms with Gasteiger partial charge in [-0.3, -0.25) is 14.2 Å². The molecule has 0 aliphatic carbocycles. The van der Waals surface area contributed by atoms with Gasteiger partial charge in [0.05, 0.1) is 34.2 Å². The van der Waals surface area contributed by atoms with Gasteiger partial charge in [-0.1, -0.05) is 36.0 Å². The van der Waals surface area contributed by atoms with Crippen LogP contribution < -0.4 is 15.6 Å². The minimum atomic E-state index is -3.82. The molecule has 0 saturated carbocycles. The van der Waals surface area contributed by atoms with Crippen molar-refractivity contribution in [2.24, 2.45) is 5.14 Å². The normalized spacial score (nSPS) is 11.4. The second-order valence-corrected chi connectivity index (χ2v) is 11.8. The van der Waals surface area contributed by atoms with Crippen LogP contribution in [0.4, 0.5) is 5.69 Å². The molecule has 41 heavy (non-hydrogen) atoms. The fourth-order valence-corrected chi connectivity index (χ4v) is 5.76. The van der Waals surface area contributed by atoms with Crippen molar-refractivity contribution in [1.29, 1.82) is 0 Å². The van der Waals surface area contributed by atoms with E-state index in [4.69, 9.17) is 9.88 Å². The van der Waals surface area contributed by atoms with Crippen LogP contribution in [0.5, 0.6) is 0 Å². The molecule has 0 saturated heterocycles. The van der Waals surface area contributed by atoms with Gasteiger partial charge in [-0.15, -0.1) is 0 Å². The van der Waals surface area contributed by atoms with Crippen molar-refractivity contribution in [3.05, 3.63) is 93.8 Å². The molecule has 0 aliphatic rings. The lowest BCUT2D eigenvalue weighted by Gasteiger charge is -2.21. The number of hydrogen-bond acceptors (Lipinski definition) is 8. The van der Waals surface area contributed by atoms with Gasteiger partial charge in [-0.2, -0.15) is 0 Å². The van der Waals surface area contributed by atoms with E-state index in [1.54, 1.807) is 17.0 Å². The highest BCUT2D eigenvalue weighted by Gasteiger charge is 2.19. The summed E-state index contributed by atoms with van der Waals surface area (Å²) in [6, 6.07) is 18.3. The molecule has 3 aromatic carbocycles. The number of aromatic nitrogens is 2. The van der Waals surface area contributed by atoms with Crippen LogP contribution in [-0.2, 0) is 32.5 Å². The van der Waals surface area contributed by atoms with Gasteiger partial charge in [0.15, 0.2) is 5.16 Å². The molecule has 0 aliphatic heterocycles. The van der Waals surface area contributed by atoms with Crippen LogP contribution in [-0.4, -0.2) is 49.3 Å². The van der Waals surface area contributed by atoms with E-state index < -0.39 is 16.0 Å². The Balaban J connectivity index is 1.67. The van der Waals surface area contributed by atoms with Crippen LogP contribution in [0.15, 0.2) is 81.6 Å². The van der Waals surface area contributed by atoms with Crippen molar-refractivity contribution in [3.63, 3.8) is 0 Å². The first-order valence-corrected chi connectivity index (χ1v) is 15.3. The Labute approximate surface area is 242 Å². The van der Waals surface area contributed by atoms with Crippen molar-refractivity contribution in [2.45, 2.75) is 36.9 Å². The maximum absolute atomic E-state index is 13.6. The van der Waals surface area contributed by atoms with Gasteiger partial charge in [0, 0.05) is 18.8 Å². The molecule has 0 radical (unpaired) electrons. The zero-order chi connectivity index (χ0) is 29.7. The number of carbonyl (C=O) groups excluding carboxylic acids is 2. The Morgan fingerprint density at radius 2 is 1.80 bits per heavy atom. The third kappa shape index (κ3) is 7.02. The van der Waals surface area contributed by atoms with Crippen LogP contribution in [0, 0.1) is 6.92 Å². The number of sulfonamides is 1. The summed E-state index contributed by atoms with van der Waals surface area (Å²) in [5, 5.41) is 5.82. The van der Waals surface area contributed by atoms with Crippen molar-refractivity contribution < 1.29 is 22.7 Å². The number of esters is 1. The zero-order valence-corrected chi connectivity index (χ0v) is 24.5. The molecule has 2 N–H and O–H groups in total. The number of fused-ring (bicyclic) bond motifs is 1. The SMILES string of the molecule is CCN(C(=O)CSc1nc2cc(C(=O)OC)ccc2c(=O)n1CCc1ccc(S(N)(=O)=O)cc1)c1cccc(C)c1. The van der Waals surface area contributed by atoms with Gasteiger partial charge >= 0.3 is 5.97 Å². The molecule has 1 aromatic heterocycles. The number of nitrogens with zero attached hydrogens (tertiary/aromatic N) is 3. The molecular weight excluding hydrogens is 564 g/mol. The average molecular weight is 595 g/mol. The van der Waals surface area contributed by atoms with Gasteiger partial charge in [0.1, 0.15) is 0 Å². The standard InChI is InChI=1S/C29H30N4O6S2/c1-4-32(22-7-5-6-19(2)16-22)26(34)18-40-29-31-25-17-21(28(36)39-3)10-13-24(25)27(35)33(29)15-14-20-8-11-23(12-9-20)41(30,37)38/h5-13,16-17H,4,14-15,18H2,1-3H3,(H2,30,37,38). The zero-order valence-electron chi connectivity index (χ0n) is 22.9. The topological polar surface area (TPSA) is 142 Å². The van der Waals surface area contributed by atoms with Crippen LogP contribution in [0.25, 0.3) is 10.9 Å². The van der Waals surface area contributed by atoms with E-state index in [2.05, 4.69) is 4.98 Å². The molecule has 4 rings (SSSR count). The smallest absolute Gasteiger partial charge is 0.337 e. The van der Waals surface area contributed by atoms with E-state index >= 15 is 0 Å². The monoisotopic (exact) mass is 594 g/mol. The molecule has 0 bridgehead atoms. The Morgan fingerprint density at radius 3 is 2.44 bits per heavy atom. The molecule has 1 amide bonds. The van der Waals surface area contributed by atoms with Crippen molar-refractivity contribution in [3.8, 4) is 0 Å². The molecule has 12 heteroatoms. The van der Waals surface area contributed by atoms with Crippen molar-refractivity contribution in [2.75, 3.05) is 24.3 Å². The summed E-state index contributed by atoms with van der Waals surface area (Å²) < 4.78 is 29.5. The quantitative estimate of drug-likeness (QED) is 0.167. The van der Waals surface area contributed by atoms with Crippen LogP contribution in [0.3, 0.4) is 0 Å². The van der Waals surface area contributed by atoms with Gasteiger partial charge in [-0.25, -0.2) is 23.3 Å². The molecule has 0 fully saturated rings. The molecule has 1 heterocycles. The second kappa shape index (κ2) is 12.7. The van der Waals surface area contributed by atoms with Crippen LogP contribution >= 0.6 is 11.8 Å². The molecule has 214 valence electrons. The highest BCUT2D eigenvalue weighted by Crippen LogP contribution is 2.23. The van der Waals surface area contributed by atoms with E-state index in [1.165, 1.54) is 42.0 Å². The summed E-state index contributed by atoms with van der Waals surface area (Å²) >= 11 is 1.14. The number of anilines is 1. The Bertz CT molecular complexity index is 1770. The molecule has 0 atom stereocenters. The second-order valence-electron chi connectivity index (χ2n) is 9.28. The fraction of sp³-hybridized carbons (Fsp3) is 0.241. The first kappa shape index (κ1) is 30.0. The highest BCUT2D eigenvalue weighted by molar-refractivity contribution is 7.99. The van der Waals surface area contributed by atoms with Crippen molar-refractivity contribution in [1.82, 2.24) is 9.55 Å². The van der Waals surface area contributed by atoms with Crippen molar-refractivity contribution >= 4 is 50.3 Å².